The standard InChI is InChI=1S/C14H10F3N5O2.C5H10/c1-7-5-9(21-13-11(12(18)23)19-6-22(7)13)8-3-2-4-10(20-8)24-14(15,16)17;1-2-5-3-4-5/h2-6H,1H3,(H2,18,23);5H,2-4H2,1H3. The van der Waals surface area contributed by atoms with E-state index in [2.05, 4.69) is 26.6 Å². The second kappa shape index (κ2) is 8.06. The topological polar surface area (TPSA) is 95.4 Å². The Kier molecular flexibility index (Phi) is 5.71. The zero-order chi connectivity index (χ0) is 21.2. The Morgan fingerprint density at radius 1 is 1.28 bits per heavy atom. The summed E-state index contributed by atoms with van der Waals surface area (Å²) in [6.07, 6.45) is 0.981. The second-order valence-corrected chi connectivity index (χ2v) is 6.69. The quantitative estimate of drug-likeness (QED) is 0.708. The SMILES string of the molecule is CCC1CC1.Cc1cc(-c2cccc(OC(F)(F)F)n2)nc2c(C(N)=O)ncn12. The summed E-state index contributed by atoms with van der Waals surface area (Å²) in [6.45, 7) is 3.98. The highest BCUT2D eigenvalue weighted by molar-refractivity contribution is 5.97. The first-order valence-electron chi connectivity index (χ1n) is 9.05. The van der Waals surface area contributed by atoms with E-state index in [1.165, 1.54) is 37.7 Å². The van der Waals surface area contributed by atoms with Gasteiger partial charge in [-0.15, -0.1) is 13.2 Å². The van der Waals surface area contributed by atoms with Crippen LogP contribution in [0.1, 0.15) is 42.4 Å². The summed E-state index contributed by atoms with van der Waals surface area (Å²) in [5, 5.41) is 0. The van der Waals surface area contributed by atoms with Gasteiger partial charge in [0.25, 0.3) is 5.91 Å². The van der Waals surface area contributed by atoms with Crippen LogP contribution in [0.4, 0.5) is 13.2 Å². The third kappa shape index (κ3) is 5.21. The van der Waals surface area contributed by atoms with Crippen molar-refractivity contribution in [3.63, 3.8) is 0 Å². The van der Waals surface area contributed by atoms with Gasteiger partial charge in [-0.05, 0) is 25.0 Å². The lowest BCUT2D eigenvalue weighted by atomic mass is 10.2. The van der Waals surface area contributed by atoms with Crippen molar-refractivity contribution in [1.29, 1.82) is 0 Å². The number of aryl methyl sites for hydroxylation is 1. The van der Waals surface area contributed by atoms with Gasteiger partial charge in [0.2, 0.25) is 5.88 Å². The van der Waals surface area contributed by atoms with E-state index < -0.39 is 18.1 Å². The summed E-state index contributed by atoms with van der Waals surface area (Å²) >= 11 is 0. The van der Waals surface area contributed by atoms with E-state index in [0.717, 1.165) is 12.0 Å². The van der Waals surface area contributed by atoms with Crippen LogP contribution in [0.3, 0.4) is 0 Å². The normalized spacial score (nSPS) is 13.7. The summed E-state index contributed by atoms with van der Waals surface area (Å²) in [5.41, 5.74) is 6.46. The number of primary amides is 1. The fraction of sp³-hybridized carbons (Fsp3) is 0.368. The molecule has 0 bridgehead atoms. The van der Waals surface area contributed by atoms with Crippen molar-refractivity contribution in [2.45, 2.75) is 39.5 Å². The predicted molar refractivity (Wildman–Crippen MR) is 99.2 cm³/mol. The molecule has 1 saturated carbocycles. The Morgan fingerprint density at radius 2 is 2.00 bits per heavy atom. The number of amides is 1. The van der Waals surface area contributed by atoms with Crippen molar-refractivity contribution in [2.75, 3.05) is 0 Å². The molecule has 0 aliphatic heterocycles. The van der Waals surface area contributed by atoms with Crippen LogP contribution in [0.15, 0.2) is 30.6 Å². The van der Waals surface area contributed by atoms with E-state index in [0.29, 0.717) is 5.69 Å². The number of alkyl halides is 3. The van der Waals surface area contributed by atoms with Gasteiger partial charge in [-0.1, -0.05) is 32.3 Å². The number of aromatic nitrogens is 4. The average molecular weight is 407 g/mol. The average Bonchev–Trinajstić information content (AvgIpc) is 3.38. The highest BCUT2D eigenvalue weighted by Crippen LogP contribution is 2.31. The van der Waals surface area contributed by atoms with E-state index >= 15 is 0 Å². The number of carbonyl (C=O) groups is 1. The number of hydrogen-bond acceptors (Lipinski definition) is 5. The molecule has 1 amide bonds. The number of hydrogen-bond donors (Lipinski definition) is 1. The fourth-order valence-corrected chi connectivity index (χ4v) is 2.68. The molecule has 0 spiro atoms. The van der Waals surface area contributed by atoms with Crippen molar-refractivity contribution in [3.05, 3.63) is 42.0 Å². The number of ether oxygens (including phenoxy) is 1. The molecular weight excluding hydrogens is 387 g/mol. The maximum atomic E-state index is 12.3. The molecule has 154 valence electrons. The number of nitrogens with zero attached hydrogens (tertiary/aromatic N) is 4. The van der Waals surface area contributed by atoms with Crippen molar-refractivity contribution in [3.8, 4) is 17.3 Å². The van der Waals surface area contributed by atoms with Gasteiger partial charge in [-0.3, -0.25) is 9.20 Å². The minimum Gasteiger partial charge on any atom is -0.388 e. The van der Waals surface area contributed by atoms with Gasteiger partial charge >= 0.3 is 6.36 Å². The Bertz CT molecular complexity index is 1030. The van der Waals surface area contributed by atoms with Crippen LogP contribution in [0.25, 0.3) is 17.0 Å². The maximum absolute atomic E-state index is 12.3. The highest BCUT2D eigenvalue weighted by Gasteiger charge is 2.31. The van der Waals surface area contributed by atoms with Gasteiger partial charge in [0.05, 0.1) is 11.4 Å². The molecule has 0 radical (unpaired) electrons. The maximum Gasteiger partial charge on any atom is 0.574 e. The third-order valence-electron chi connectivity index (χ3n) is 4.41. The number of nitrogens with two attached hydrogens (primary N) is 1. The minimum absolute atomic E-state index is 0.0392. The van der Waals surface area contributed by atoms with E-state index in [1.54, 1.807) is 17.4 Å². The lowest BCUT2D eigenvalue weighted by molar-refractivity contribution is -0.276. The second-order valence-electron chi connectivity index (χ2n) is 6.69. The minimum atomic E-state index is -4.84. The predicted octanol–water partition coefficient (Wildman–Crippen LogP) is 3.90. The first-order valence-corrected chi connectivity index (χ1v) is 9.05. The molecular formula is C19H20F3N5O2. The van der Waals surface area contributed by atoms with Gasteiger partial charge in [0.15, 0.2) is 11.3 Å². The van der Waals surface area contributed by atoms with Gasteiger partial charge in [-0.2, -0.15) is 0 Å². The van der Waals surface area contributed by atoms with Gasteiger partial charge in [-0.25, -0.2) is 15.0 Å². The van der Waals surface area contributed by atoms with Crippen LogP contribution in [0, 0.1) is 12.8 Å². The van der Waals surface area contributed by atoms with Crippen LogP contribution in [-0.2, 0) is 0 Å². The van der Waals surface area contributed by atoms with Crippen LogP contribution in [-0.4, -0.2) is 31.6 Å². The molecule has 7 nitrogen and oxygen atoms in total. The molecule has 29 heavy (non-hydrogen) atoms. The molecule has 2 N–H and O–H groups in total. The Hall–Kier alpha value is -3.17. The number of fused-ring (bicyclic) bond motifs is 1. The molecule has 0 aromatic carbocycles. The first kappa shape index (κ1) is 20.6. The van der Waals surface area contributed by atoms with E-state index in [9.17, 15) is 18.0 Å². The summed E-state index contributed by atoms with van der Waals surface area (Å²) in [4.78, 5) is 23.3. The van der Waals surface area contributed by atoms with E-state index in [4.69, 9.17) is 5.73 Å². The Labute approximate surface area is 164 Å². The van der Waals surface area contributed by atoms with Crippen molar-refractivity contribution < 1.29 is 22.7 Å². The fourth-order valence-electron chi connectivity index (χ4n) is 2.68. The molecule has 0 unspecified atom stereocenters. The lowest BCUT2D eigenvalue weighted by Gasteiger charge is -2.09. The van der Waals surface area contributed by atoms with Crippen molar-refractivity contribution in [2.24, 2.45) is 11.7 Å². The van der Waals surface area contributed by atoms with E-state index in [-0.39, 0.29) is 22.7 Å². The highest BCUT2D eigenvalue weighted by atomic mass is 19.4. The van der Waals surface area contributed by atoms with Gasteiger partial charge < -0.3 is 10.5 Å². The summed E-state index contributed by atoms with van der Waals surface area (Å²) in [5.74, 6) is -0.235. The molecule has 10 heteroatoms. The van der Waals surface area contributed by atoms with Crippen LogP contribution in [0.2, 0.25) is 0 Å². The molecule has 3 aromatic rings. The molecule has 1 aliphatic rings. The van der Waals surface area contributed by atoms with Crippen LogP contribution < -0.4 is 10.5 Å². The smallest absolute Gasteiger partial charge is 0.388 e. The van der Waals surface area contributed by atoms with E-state index in [1.807, 2.05) is 0 Å². The molecule has 1 fully saturated rings. The van der Waals surface area contributed by atoms with Gasteiger partial charge in [0.1, 0.15) is 6.33 Å². The van der Waals surface area contributed by atoms with Crippen molar-refractivity contribution in [1.82, 2.24) is 19.4 Å². The molecule has 3 aromatic heterocycles. The molecule has 0 saturated heterocycles. The van der Waals surface area contributed by atoms with Gasteiger partial charge in [0, 0.05) is 11.8 Å². The summed E-state index contributed by atoms with van der Waals surface area (Å²) in [6, 6.07) is 5.51. The number of halogens is 3. The Morgan fingerprint density at radius 3 is 2.55 bits per heavy atom. The number of imidazole rings is 1. The lowest BCUT2D eigenvalue weighted by Crippen LogP contribution is -2.18. The number of rotatable bonds is 4. The molecule has 1 aliphatic carbocycles. The Balaban J connectivity index is 0.000000419. The third-order valence-corrected chi connectivity index (χ3v) is 4.41. The number of carbonyl (C=O) groups excluding carboxylic acids is 1. The largest absolute Gasteiger partial charge is 0.574 e. The zero-order valence-electron chi connectivity index (χ0n) is 15.9. The van der Waals surface area contributed by atoms with Crippen molar-refractivity contribution >= 4 is 11.6 Å². The monoisotopic (exact) mass is 407 g/mol. The molecule has 4 rings (SSSR count). The van der Waals surface area contributed by atoms with Crippen LogP contribution >= 0.6 is 0 Å². The first-order chi connectivity index (χ1) is 13.7. The number of pyridine rings is 1. The zero-order valence-corrected chi connectivity index (χ0v) is 15.9. The van der Waals surface area contributed by atoms with Crippen LogP contribution in [0.5, 0.6) is 5.88 Å². The molecule has 3 heterocycles. The summed E-state index contributed by atoms with van der Waals surface area (Å²) in [7, 11) is 0. The summed E-state index contributed by atoms with van der Waals surface area (Å²) < 4.78 is 42.3. The molecule has 0 atom stereocenters.